The highest BCUT2D eigenvalue weighted by atomic mass is 16.5. The Bertz CT molecular complexity index is 748. The second kappa shape index (κ2) is 6.61. The molecule has 0 aromatic heterocycles. The lowest BCUT2D eigenvalue weighted by Crippen LogP contribution is -2.60. The van der Waals surface area contributed by atoms with Crippen molar-refractivity contribution in [2.45, 2.75) is 71.0 Å². The first kappa shape index (κ1) is 19.7. The standard InChI is InChI=1S/C23H32O6/c1-12(24)28-10-18(26)15-6-5-14-13-3-4-16-21(27)17(25)7-8-23(16)11-29-19(20(13)23)9-22(14,15)2/h13-16,19-21,27H,3-11H2,1-2H3/t13-,14-,15+,16?,19-,20+,21?,22-,23+/m0/s1. The molecule has 0 bridgehead atoms. The largest absolute Gasteiger partial charge is 0.458 e. The fourth-order valence-electron chi connectivity index (χ4n) is 8.49. The van der Waals surface area contributed by atoms with Crippen LogP contribution in [0, 0.1) is 40.4 Å². The molecule has 1 heterocycles. The zero-order chi connectivity index (χ0) is 20.6. The Morgan fingerprint density at radius 2 is 1.97 bits per heavy atom. The van der Waals surface area contributed by atoms with Gasteiger partial charge in [-0.3, -0.25) is 14.4 Å². The molecule has 9 atom stereocenters. The van der Waals surface area contributed by atoms with E-state index < -0.39 is 12.1 Å². The molecule has 0 radical (unpaired) electrons. The summed E-state index contributed by atoms with van der Waals surface area (Å²) in [5.74, 6) is 0.931. The summed E-state index contributed by atoms with van der Waals surface area (Å²) in [6.45, 7) is 4.10. The maximum atomic E-state index is 12.9. The number of aliphatic hydroxyl groups excluding tert-OH is 1. The lowest BCUT2D eigenvalue weighted by Gasteiger charge is -2.59. The second-order valence-corrected chi connectivity index (χ2v) is 10.6. The van der Waals surface area contributed by atoms with Crippen LogP contribution in [0.25, 0.3) is 0 Å². The molecule has 160 valence electrons. The molecule has 2 unspecified atom stereocenters. The van der Waals surface area contributed by atoms with Gasteiger partial charge in [0, 0.05) is 30.6 Å². The van der Waals surface area contributed by atoms with Gasteiger partial charge in [0.05, 0.1) is 12.7 Å². The van der Waals surface area contributed by atoms with Gasteiger partial charge < -0.3 is 14.6 Å². The van der Waals surface area contributed by atoms with Crippen molar-refractivity contribution in [1.29, 1.82) is 0 Å². The quantitative estimate of drug-likeness (QED) is 0.726. The van der Waals surface area contributed by atoms with Gasteiger partial charge in [0.25, 0.3) is 0 Å². The van der Waals surface area contributed by atoms with Crippen LogP contribution in [0.4, 0.5) is 0 Å². The monoisotopic (exact) mass is 404 g/mol. The summed E-state index contributed by atoms with van der Waals surface area (Å²) in [6.07, 6.45) is 5.20. The maximum Gasteiger partial charge on any atom is 0.303 e. The summed E-state index contributed by atoms with van der Waals surface area (Å²) in [4.78, 5) is 36.2. The van der Waals surface area contributed by atoms with Crippen LogP contribution in [-0.2, 0) is 23.9 Å². The number of rotatable bonds is 3. The van der Waals surface area contributed by atoms with Crippen LogP contribution in [-0.4, -0.2) is 48.1 Å². The molecule has 0 aromatic rings. The molecule has 5 rings (SSSR count). The molecule has 6 heteroatoms. The van der Waals surface area contributed by atoms with E-state index in [2.05, 4.69) is 6.92 Å². The van der Waals surface area contributed by atoms with Crippen LogP contribution in [0.5, 0.6) is 0 Å². The minimum Gasteiger partial charge on any atom is -0.458 e. The van der Waals surface area contributed by atoms with Gasteiger partial charge in [0.1, 0.15) is 12.7 Å². The average molecular weight is 405 g/mol. The van der Waals surface area contributed by atoms with Gasteiger partial charge in [-0.05, 0) is 61.7 Å². The van der Waals surface area contributed by atoms with Crippen LogP contribution in [0.1, 0.15) is 58.8 Å². The molecular weight excluding hydrogens is 372 g/mol. The number of carbonyl (C=O) groups is 3. The van der Waals surface area contributed by atoms with Crippen molar-refractivity contribution in [2.24, 2.45) is 40.4 Å². The lowest BCUT2D eigenvalue weighted by molar-refractivity contribution is -0.160. The Hall–Kier alpha value is -1.27. The normalized spacial score (nSPS) is 50.4. The van der Waals surface area contributed by atoms with Crippen molar-refractivity contribution in [3.8, 4) is 0 Å². The van der Waals surface area contributed by atoms with Crippen molar-refractivity contribution in [2.75, 3.05) is 13.2 Å². The Morgan fingerprint density at radius 3 is 2.72 bits per heavy atom. The molecule has 1 saturated heterocycles. The van der Waals surface area contributed by atoms with Crippen LogP contribution in [0.15, 0.2) is 0 Å². The number of esters is 1. The summed E-state index contributed by atoms with van der Waals surface area (Å²) in [5, 5.41) is 10.6. The first-order valence-electron chi connectivity index (χ1n) is 11.3. The number of hydrogen-bond donors (Lipinski definition) is 1. The lowest BCUT2D eigenvalue weighted by atomic mass is 9.44. The van der Waals surface area contributed by atoms with Gasteiger partial charge in [-0.1, -0.05) is 6.92 Å². The van der Waals surface area contributed by atoms with E-state index in [9.17, 15) is 19.5 Å². The van der Waals surface area contributed by atoms with E-state index in [0.717, 1.165) is 38.5 Å². The van der Waals surface area contributed by atoms with Crippen LogP contribution in [0.2, 0.25) is 0 Å². The number of ketones is 2. The number of Topliss-reactive ketones (excluding diaryl/α,β-unsaturated/α-hetero) is 2. The number of hydrogen-bond acceptors (Lipinski definition) is 6. The van der Waals surface area contributed by atoms with Gasteiger partial charge >= 0.3 is 5.97 Å². The smallest absolute Gasteiger partial charge is 0.303 e. The number of aliphatic hydroxyl groups is 1. The van der Waals surface area contributed by atoms with E-state index in [0.29, 0.717) is 30.8 Å². The van der Waals surface area contributed by atoms with Crippen molar-refractivity contribution in [3.63, 3.8) is 0 Å². The first-order valence-corrected chi connectivity index (χ1v) is 11.3. The van der Waals surface area contributed by atoms with E-state index in [1.54, 1.807) is 0 Å². The molecule has 5 aliphatic rings. The molecule has 1 N–H and O–H groups in total. The fourth-order valence-corrected chi connectivity index (χ4v) is 8.49. The van der Waals surface area contributed by atoms with Crippen LogP contribution < -0.4 is 0 Å². The third kappa shape index (κ3) is 2.64. The highest BCUT2D eigenvalue weighted by molar-refractivity contribution is 5.85. The van der Waals surface area contributed by atoms with Gasteiger partial charge in [0.15, 0.2) is 11.6 Å². The van der Waals surface area contributed by atoms with Crippen LogP contribution >= 0.6 is 0 Å². The van der Waals surface area contributed by atoms with Gasteiger partial charge in [-0.2, -0.15) is 0 Å². The SMILES string of the molecule is CC(=O)OCC(=O)[C@H]1CC[C@H]2[C@@H]3CCC4C(O)C(=O)CC[C@@]45CO[C@@H](C[C@]12C)[C@@H]35. The topological polar surface area (TPSA) is 89.9 Å². The molecule has 6 nitrogen and oxygen atoms in total. The van der Waals surface area contributed by atoms with Crippen molar-refractivity contribution >= 4 is 17.5 Å². The molecule has 1 spiro atoms. The molecule has 4 saturated carbocycles. The van der Waals surface area contributed by atoms with E-state index in [1.165, 1.54) is 6.92 Å². The third-order valence-electron chi connectivity index (χ3n) is 9.56. The summed E-state index contributed by atoms with van der Waals surface area (Å²) < 4.78 is 11.4. The summed E-state index contributed by atoms with van der Waals surface area (Å²) in [5.41, 5.74) is -0.188. The molecule has 5 fully saturated rings. The van der Waals surface area contributed by atoms with E-state index in [1.807, 2.05) is 0 Å². The van der Waals surface area contributed by atoms with Gasteiger partial charge in [-0.25, -0.2) is 0 Å². The van der Waals surface area contributed by atoms with E-state index in [-0.39, 0.29) is 46.9 Å². The highest BCUT2D eigenvalue weighted by Gasteiger charge is 2.69. The maximum absolute atomic E-state index is 12.9. The predicted molar refractivity (Wildman–Crippen MR) is 103 cm³/mol. The van der Waals surface area contributed by atoms with E-state index in [4.69, 9.17) is 9.47 Å². The van der Waals surface area contributed by atoms with Crippen molar-refractivity contribution in [3.05, 3.63) is 0 Å². The van der Waals surface area contributed by atoms with Crippen molar-refractivity contribution < 1.29 is 29.0 Å². The Kier molecular flexibility index (Phi) is 4.49. The predicted octanol–water partition coefficient (Wildman–Crippen LogP) is 2.31. The van der Waals surface area contributed by atoms with Gasteiger partial charge in [0.2, 0.25) is 0 Å². The molecule has 4 aliphatic carbocycles. The Balaban J connectivity index is 1.43. The summed E-state index contributed by atoms with van der Waals surface area (Å²) >= 11 is 0. The molecule has 0 aromatic carbocycles. The average Bonchev–Trinajstić information content (AvgIpc) is 3.22. The summed E-state index contributed by atoms with van der Waals surface area (Å²) in [6, 6.07) is 0. The highest BCUT2D eigenvalue weighted by Crippen LogP contribution is 2.70. The second-order valence-electron chi connectivity index (χ2n) is 10.6. The molecule has 0 amide bonds. The number of ether oxygens (including phenoxy) is 2. The van der Waals surface area contributed by atoms with Gasteiger partial charge in [-0.15, -0.1) is 0 Å². The van der Waals surface area contributed by atoms with E-state index >= 15 is 0 Å². The number of carbonyl (C=O) groups excluding carboxylic acids is 3. The molecule has 1 aliphatic heterocycles. The zero-order valence-corrected chi connectivity index (χ0v) is 17.4. The third-order valence-corrected chi connectivity index (χ3v) is 9.56. The zero-order valence-electron chi connectivity index (χ0n) is 17.4. The Morgan fingerprint density at radius 1 is 1.21 bits per heavy atom. The minimum atomic E-state index is -0.831. The summed E-state index contributed by atoms with van der Waals surface area (Å²) in [7, 11) is 0. The number of fused-ring (bicyclic) bond motifs is 2. The Labute approximate surface area is 171 Å². The minimum absolute atomic E-state index is 0.000159. The molecular formula is C23H32O6. The van der Waals surface area contributed by atoms with Crippen LogP contribution in [0.3, 0.4) is 0 Å². The van der Waals surface area contributed by atoms with Crippen molar-refractivity contribution in [1.82, 2.24) is 0 Å². The first-order chi connectivity index (χ1) is 13.8. The molecule has 29 heavy (non-hydrogen) atoms. The fraction of sp³-hybridized carbons (Fsp3) is 0.870.